The molecule has 0 heterocycles. The first-order chi connectivity index (χ1) is 9.08. The molecule has 0 amide bonds. The Morgan fingerprint density at radius 1 is 1.35 bits per heavy atom. The summed E-state index contributed by atoms with van der Waals surface area (Å²) in [7, 11) is -2.29. The van der Waals surface area contributed by atoms with Gasteiger partial charge in [0.25, 0.3) is 0 Å². The summed E-state index contributed by atoms with van der Waals surface area (Å²) >= 11 is 5.63. The molecule has 2 N–H and O–H groups in total. The van der Waals surface area contributed by atoms with Gasteiger partial charge in [-0.2, -0.15) is 13.2 Å². The Bertz CT molecular complexity index is 576. The Hall–Kier alpha value is -0.830. The molecule has 0 fully saturated rings. The Morgan fingerprint density at radius 3 is 2.40 bits per heavy atom. The highest BCUT2D eigenvalue weighted by molar-refractivity contribution is 7.89. The summed E-state index contributed by atoms with van der Waals surface area (Å²) < 4.78 is 63.5. The van der Waals surface area contributed by atoms with Gasteiger partial charge in [-0.05, 0) is 32.2 Å². The number of halogens is 4. The molecule has 0 spiro atoms. The van der Waals surface area contributed by atoms with E-state index in [1.165, 1.54) is 0 Å². The van der Waals surface area contributed by atoms with Crippen LogP contribution in [0.25, 0.3) is 0 Å². The summed E-state index contributed by atoms with van der Waals surface area (Å²) in [6.07, 6.45) is -4.57. The number of sulfonamides is 1. The van der Waals surface area contributed by atoms with Crippen molar-refractivity contribution in [1.29, 1.82) is 0 Å². The molecule has 0 radical (unpaired) electrons. The van der Waals surface area contributed by atoms with Gasteiger partial charge in [-0.1, -0.05) is 11.6 Å². The van der Waals surface area contributed by atoms with Crippen LogP contribution in [0.5, 0.6) is 0 Å². The van der Waals surface area contributed by atoms with Crippen molar-refractivity contribution in [2.24, 2.45) is 0 Å². The Morgan fingerprint density at radius 2 is 1.95 bits per heavy atom. The lowest BCUT2D eigenvalue weighted by Gasteiger charge is -2.14. The number of hydrogen-bond donors (Lipinski definition) is 2. The number of benzene rings is 1. The van der Waals surface area contributed by atoms with Crippen LogP contribution >= 0.6 is 11.6 Å². The van der Waals surface area contributed by atoms with Crippen LogP contribution < -0.4 is 10.0 Å². The molecule has 0 bridgehead atoms. The van der Waals surface area contributed by atoms with Crippen molar-refractivity contribution in [3.63, 3.8) is 0 Å². The minimum Gasteiger partial charge on any atom is -0.316 e. The fourth-order valence-electron chi connectivity index (χ4n) is 1.31. The molecule has 1 atom stereocenters. The van der Waals surface area contributed by atoms with Crippen LogP contribution in [0.2, 0.25) is 5.02 Å². The molecule has 0 saturated carbocycles. The largest absolute Gasteiger partial charge is 0.416 e. The van der Waals surface area contributed by atoms with E-state index in [1.807, 2.05) is 0 Å². The molecule has 0 aromatic heterocycles. The van der Waals surface area contributed by atoms with Gasteiger partial charge in [0.05, 0.1) is 10.6 Å². The summed E-state index contributed by atoms with van der Waals surface area (Å²) in [6.45, 7) is 1.84. The summed E-state index contributed by atoms with van der Waals surface area (Å²) in [5.41, 5.74) is -0.995. The number of hydrogen-bond acceptors (Lipinski definition) is 3. The molecule has 4 nitrogen and oxygen atoms in total. The average Bonchev–Trinajstić information content (AvgIpc) is 2.34. The van der Waals surface area contributed by atoms with Gasteiger partial charge in [-0.25, -0.2) is 13.1 Å². The lowest BCUT2D eigenvalue weighted by molar-refractivity contribution is -0.137. The lowest BCUT2D eigenvalue weighted by atomic mass is 10.2. The zero-order valence-electron chi connectivity index (χ0n) is 10.8. The number of rotatable bonds is 5. The van der Waals surface area contributed by atoms with E-state index in [1.54, 1.807) is 14.0 Å². The molecular formula is C11H14ClF3N2O2S. The van der Waals surface area contributed by atoms with Gasteiger partial charge in [0.2, 0.25) is 10.0 Å². The first-order valence-electron chi connectivity index (χ1n) is 5.61. The van der Waals surface area contributed by atoms with E-state index < -0.39 is 26.8 Å². The highest BCUT2D eigenvalue weighted by Gasteiger charge is 2.32. The molecule has 0 aliphatic rings. The predicted octanol–water partition coefficient (Wildman–Crippen LogP) is 2.25. The minimum absolute atomic E-state index is 0.0934. The zero-order valence-corrected chi connectivity index (χ0v) is 12.3. The quantitative estimate of drug-likeness (QED) is 0.870. The molecule has 1 unspecified atom stereocenters. The van der Waals surface area contributed by atoms with E-state index in [0.29, 0.717) is 12.1 Å². The van der Waals surface area contributed by atoms with Crippen molar-refractivity contribution >= 4 is 21.6 Å². The third kappa shape index (κ3) is 4.34. The van der Waals surface area contributed by atoms with Crippen molar-refractivity contribution in [2.75, 3.05) is 13.6 Å². The average molecular weight is 331 g/mol. The van der Waals surface area contributed by atoms with E-state index in [2.05, 4.69) is 10.0 Å². The third-order valence-electron chi connectivity index (χ3n) is 2.62. The fraction of sp³-hybridized carbons (Fsp3) is 0.455. The Labute approximate surface area is 120 Å². The van der Waals surface area contributed by atoms with Crippen LogP contribution in [0, 0.1) is 0 Å². The third-order valence-corrected chi connectivity index (χ3v) is 4.53. The molecule has 114 valence electrons. The lowest BCUT2D eigenvalue weighted by Crippen LogP contribution is -2.37. The second-order valence-electron chi connectivity index (χ2n) is 4.18. The summed E-state index contributed by atoms with van der Waals surface area (Å²) in [5, 5.41) is 2.36. The first-order valence-corrected chi connectivity index (χ1v) is 7.47. The van der Waals surface area contributed by atoms with Crippen molar-refractivity contribution in [1.82, 2.24) is 10.0 Å². The maximum absolute atomic E-state index is 12.5. The molecule has 0 aliphatic heterocycles. The second-order valence-corrected chi connectivity index (χ2v) is 6.33. The van der Waals surface area contributed by atoms with Gasteiger partial charge >= 0.3 is 6.18 Å². The van der Waals surface area contributed by atoms with E-state index >= 15 is 0 Å². The Balaban J connectivity index is 3.02. The molecule has 1 aromatic carbocycles. The molecule has 1 aromatic rings. The highest BCUT2D eigenvalue weighted by atomic mass is 35.5. The maximum atomic E-state index is 12.5. The molecule has 1 rings (SSSR count). The van der Waals surface area contributed by atoms with Crippen LogP contribution in [-0.4, -0.2) is 28.1 Å². The standard InChI is InChI=1S/C11H14ClF3N2O2S/c1-7(16-2)6-17-20(18,19)10-4-3-8(5-9(10)12)11(13,14)15/h3-5,7,16-17H,6H2,1-2H3. The van der Waals surface area contributed by atoms with Crippen LogP contribution in [0.1, 0.15) is 12.5 Å². The van der Waals surface area contributed by atoms with Gasteiger partial charge in [0.1, 0.15) is 4.90 Å². The summed E-state index contributed by atoms with van der Waals surface area (Å²) in [5.74, 6) is 0. The number of alkyl halides is 3. The van der Waals surface area contributed by atoms with Crippen LogP contribution in [0.3, 0.4) is 0 Å². The maximum Gasteiger partial charge on any atom is 0.416 e. The predicted molar refractivity (Wildman–Crippen MR) is 70.2 cm³/mol. The van der Waals surface area contributed by atoms with Crippen molar-refractivity contribution in [3.05, 3.63) is 28.8 Å². The zero-order chi connectivity index (χ0) is 15.6. The molecule has 9 heteroatoms. The van der Waals surface area contributed by atoms with E-state index in [9.17, 15) is 21.6 Å². The van der Waals surface area contributed by atoms with E-state index in [0.717, 1.165) is 6.07 Å². The minimum atomic E-state index is -4.57. The molecule has 0 aliphatic carbocycles. The number of nitrogens with one attached hydrogen (secondary N) is 2. The van der Waals surface area contributed by atoms with Crippen molar-refractivity contribution in [2.45, 2.75) is 24.0 Å². The van der Waals surface area contributed by atoms with Gasteiger partial charge in [0.15, 0.2) is 0 Å². The fourth-order valence-corrected chi connectivity index (χ4v) is 2.98. The van der Waals surface area contributed by atoms with E-state index in [-0.39, 0.29) is 17.5 Å². The van der Waals surface area contributed by atoms with Crippen molar-refractivity contribution < 1.29 is 21.6 Å². The second kappa shape index (κ2) is 6.30. The van der Waals surface area contributed by atoms with Crippen LogP contribution in [0.4, 0.5) is 13.2 Å². The molecule has 0 saturated heterocycles. The monoisotopic (exact) mass is 330 g/mol. The topological polar surface area (TPSA) is 58.2 Å². The van der Waals surface area contributed by atoms with Gasteiger partial charge in [-0.15, -0.1) is 0 Å². The first kappa shape index (κ1) is 17.2. The van der Waals surface area contributed by atoms with Gasteiger partial charge < -0.3 is 5.32 Å². The van der Waals surface area contributed by atoms with Gasteiger partial charge in [0, 0.05) is 12.6 Å². The SMILES string of the molecule is CNC(C)CNS(=O)(=O)c1ccc(C(F)(F)F)cc1Cl. The number of likely N-dealkylation sites (N-methyl/N-ethyl adjacent to an activating group) is 1. The van der Waals surface area contributed by atoms with Crippen LogP contribution in [0.15, 0.2) is 23.1 Å². The highest BCUT2D eigenvalue weighted by Crippen LogP contribution is 2.33. The Kier molecular flexibility index (Phi) is 5.42. The normalized spacial score (nSPS) is 14.3. The summed E-state index contributed by atoms with van der Waals surface area (Å²) in [4.78, 5) is -0.379. The van der Waals surface area contributed by atoms with Gasteiger partial charge in [-0.3, -0.25) is 0 Å². The van der Waals surface area contributed by atoms with E-state index in [4.69, 9.17) is 11.6 Å². The smallest absolute Gasteiger partial charge is 0.316 e. The molecular weight excluding hydrogens is 317 g/mol. The van der Waals surface area contributed by atoms with Crippen LogP contribution in [-0.2, 0) is 16.2 Å². The van der Waals surface area contributed by atoms with Crippen molar-refractivity contribution in [3.8, 4) is 0 Å². The summed E-state index contributed by atoms with van der Waals surface area (Å²) in [6, 6.07) is 2.00. The molecule has 20 heavy (non-hydrogen) atoms.